The molecule has 1 fully saturated rings. The number of benzene rings is 1. The highest BCUT2D eigenvalue weighted by molar-refractivity contribution is 5.86. The van der Waals surface area contributed by atoms with Crippen LogP contribution in [0.25, 0.3) is 11.5 Å². The third kappa shape index (κ3) is 4.19. The molecule has 2 aromatic heterocycles. The molecular formula is C19H16N4O7. The zero-order chi connectivity index (χ0) is 21.1. The molecule has 11 heteroatoms. The fourth-order valence-corrected chi connectivity index (χ4v) is 3.08. The number of ether oxygens (including phenoxy) is 1. The number of hydrogen-bond donors (Lipinski definition) is 0. The molecule has 1 saturated heterocycles. The van der Waals surface area contributed by atoms with E-state index in [1.807, 2.05) is 0 Å². The van der Waals surface area contributed by atoms with Crippen molar-refractivity contribution < 1.29 is 28.1 Å². The third-order valence-electron chi connectivity index (χ3n) is 4.60. The number of carbonyl (C=O) groups excluding carboxylic acids is 2. The average molecular weight is 412 g/mol. The molecule has 1 atom stereocenters. The van der Waals surface area contributed by atoms with E-state index in [0.29, 0.717) is 17.9 Å². The van der Waals surface area contributed by atoms with E-state index in [9.17, 15) is 19.7 Å². The van der Waals surface area contributed by atoms with Crippen molar-refractivity contribution in [3.05, 3.63) is 64.4 Å². The van der Waals surface area contributed by atoms with Gasteiger partial charge in [-0.25, -0.2) is 0 Å². The summed E-state index contributed by atoms with van der Waals surface area (Å²) in [5.41, 5.74) is 0.445. The third-order valence-corrected chi connectivity index (χ3v) is 4.60. The van der Waals surface area contributed by atoms with Crippen LogP contribution in [0.1, 0.15) is 18.1 Å². The largest absolute Gasteiger partial charge is 0.467 e. The number of furan rings is 1. The second-order valence-electron chi connectivity index (χ2n) is 6.67. The Hall–Kier alpha value is -4.02. The van der Waals surface area contributed by atoms with E-state index in [4.69, 9.17) is 13.6 Å². The zero-order valence-electron chi connectivity index (χ0n) is 15.6. The monoisotopic (exact) mass is 412 g/mol. The molecule has 11 nitrogen and oxygen atoms in total. The SMILES string of the molecule is O=C(OCc1nnc(-c2ccc([N+](=O)[O-])cc2)o1)C1CC(=O)N(Cc2ccco2)C1. The average Bonchev–Trinajstić information content (AvgIpc) is 3.49. The van der Waals surface area contributed by atoms with Gasteiger partial charge < -0.3 is 18.5 Å². The first-order chi connectivity index (χ1) is 14.5. The summed E-state index contributed by atoms with van der Waals surface area (Å²) in [5, 5.41) is 18.4. The minimum atomic E-state index is -0.579. The second kappa shape index (κ2) is 8.15. The number of carbonyl (C=O) groups is 2. The summed E-state index contributed by atoms with van der Waals surface area (Å²) in [4.78, 5) is 36.2. The molecule has 1 unspecified atom stereocenters. The number of nitro benzene ring substituents is 1. The number of nitro groups is 1. The van der Waals surface area contributed by atoms with Gasteiger partial charge in [-0.15, -0.1) is 10.2 Å². The summed E-state index contributed by atoms with van der Waals surface area (Å²) in [6, 6.07) is 9.11. The summed E-state index contributed by atoms with van der Waals surface area (Å²) in [6.45, 7) is 0.315. The molecule has 0 N–H and O–H groups in total. The van der Waals surface area contributed by atoms with Crippen molar-refractivity contribution in [3.63, 3.8) is 0 Å². The number of amides is 1. The van der Waals surface area contributed by atoms with Crippen molar-refractivity contribution in [2.75, 3.05) is 6.54 Å². The van der Waals surface area contributed by atoms with Crippen LogP contribution in [0.2, 0.25) is 0 Å². The summed E-state index contributed by atoms with van der Waals surface area (Å²) in [5.74, 6) is -0.386. The lowest BCUT2D eigenvalue weighted by molar-refractivity contribution is -0.384. The Kier molecular flexibility index (Phi) is 5.24. The Morgan fingerprint density at radius 3 is 2.77 bits per heavy atom. The minimum Gasteiger partial charge on any atom is -0.467 e. The molecule has 4 rings (SSSR count). The molecule has 0 bridgehead atoms. The predicted octanol–water partition coefficient (Wildman–Crippen LogP) is 2.33. The normalized spacial score (nSPS) is 16.1. The van der Waals surface area contributed by atoms with Crippen molar-refractivity contribution in [1.29, 1.82) is 0 Å². The highest BCUT2D eigenvalue weighted by atomic mass is 16.6. The quantitative estimate of drug-likeness (QED) is 0.324. The molecule has 0 aliphatic carbocycles. The summed E-state index contributed by atoms with van der Waals surface area (Å²) in [6.07, 6.45) is 1.59. The maximum atomic E-state index is 12.3. The van der Waals surface area contributed by atoms with Crippen LogP contribution >= 0.6 is 0 Å². The Morgan fingerprint density at radius 2 is 2.07 bits per heavy atom. The van der Waals surface area contributed by atoms with Crippen LogP contribution in [-0.4, -0.2) is 38.4 Å². The topological polar surface area (TPSA) is 142 Å². The van der Waals surface area contributed by atoms with Crippen LogP contribution in [0, 0.1) is 16.0 Å². The number of hydrogen-bond acceptors (Lipinski definition) is 9. The van der Waals surface area contributed by atoms with Gasteiger partial charge in [0.05, 0.1) is 23.6 Å². The van der Waals surface area contributed by atoms with Crippen molar-refractivity contribution in [3.8, 4) is 11.5 Å². The molecule has 1 aliphatic heterocycles. The first kappa shape index (κ1) is 19.3. The van der Waals surface area contributed by atoms with Gasteiger partial charge in [-0.05, 0) is 24.3 Å². The minimum absolute atomic E-state index is 0.0559. The standard InChI is InChI=1S/C19H16N4O7/c24-17-8-13(9-22(17)10-15-2-1-7-28-15)19(25)29-11-16-20-21-18(30-16)12-3-5-14(6-4-12)23(26)27/h1-7,13H,8-11H2. The number of esters is 1. The highest BCUT2D eigenvalue weighted by Gasteiger charge is 2.35. The van der Waals surface area contributed by atoms with E-state index >= 15 is 0 Å². The fourth-order valence-electron chi connectivity index (χ4n) is 3.08. The molecule has 1 aromatic carbocycles. The Bertz CT molecular complexity index is 1060. The molecule has 3 aromatic rings. The molecule has 1 amide bonds. The number of non-ortho nitro benzene ring substituents is 1. The Labute approximate surface area is 169 Å². The van der Waals surface area contributed by atoms with Crippen LogP contribution < -0.4 is 0 Å². The molecule has 0 radical (unpaired) electrons. The van der Waals surface area contributed by atoms with Crippen molar-refractivity contribution in [1.82, 2.24) is 15.1 Å². The molecular weight excluding hydrogens is 396 g/mol. The van der Waals surface area contributed by atoms with Gasteiger partial charge in [-0.3, -0.25) is 19.7 Å². The Morgan fingerprint density at radius 1 is 1.27 bits per heavy atom. The van der Waals surface area contributed by atoms with E-state index in [-0.39, 0.29) is 42.9 Å². The number of nitrogens with zero attached hydrogens (tertiary/aromatic N) is 4. The van der Waals surface area contributed by atoms with Crippen LogP contribution in [0.15, 0.2) is 51.5 Å². The Balaban J connectivity index is 1.31. The first-order valence-corrected chi connectivity index (χ1v) is 9.03. The van der Waals surface area contributed by atoms with Crippen LogP contribution in [0.4, 0.5) is 5.69 Å². The molecule has 0 spiro atoms. The molecule has 154 valence electrons. The van der Waals surface area contributed by atoms with Gasteiger partial charge in [0, 0.05) is 30.7 Å². The van der Waals surface area contributed by atoms with Gasteiger partial charge in [0.1, 0.15) is 5.76 Å². The zero-order valence-corrected chi connectivity index (χ0v) is 15.6. The highest BCUT2D eigenvalue weighted by Crippen LogP contribution is 2.23. The van der Waals surface area contributed by atoms with Crippen LogP contribution in [0.5, 0.6) is 0 Å². The van der Waals surface area contributed by atoms with Gasteiger partial charge in [-0.1, -0.05) is 0 Å². The van der Waals surface area contributed by atoms with Crippen molar-refractivity contribution in [2.45, 2.75) is 19.6 Å². The van der Waals surface area contributed by atoms with E-state index in [1.54, 1.807) is 17.0 Å². The van der Waals surface area contributed by atoms with Gasteiger partial charge >= 0.3 is 5.97 Å². The smallest absolute Gasteiger partial charge is 0.311 e. The predicted molar refractivity (Wildman–Crippen MR) is 98.4 cm³/mol. The lowest BCUT2D eigenvalue weighted by atomic mass is 10.1. The molecule has 3 heterocycles. The molecule has 30 heavy (non-hydrogen) atoms. The molecule has 0 saturated carbocycles. The maximum absolute atomic E-state index is 12.3. The fraction of sp³-hybridized carbons (Fsp3) is 0.263. The van der Waals surface area contributed by atoms with Crippen molar-refractivity contribution in [2.24, 2.45) is 5.92 Å². The number of rotatable bonds is 7. The van der Waals surface area contributed by atoms with E-state index in [2.05, 4.69) is 10.2 Å². The van der Waals surface area contributed by atoms with Crippen LogP contribution in [0.3, 0.4) is 0 Å². The first-order valence-electron chi connectivity index (χ1n) is 9.03. The number of likely N-dealkylation sites (tertiary alicyclic amines) is 1. The lowest BCUT2D eigenvalue weighted by Gasteiger charge is -2.14. The van der Waals surface area contributed by atoms with E-state index in [0.717, 1.165) is 0 Å². The second-order valence-corrected chi connectivity index (χ2v) is 6.67. The van der Waals surface area contributed by atoms with Gasteiger partial charge in [-0.2, -0.15) is 0 Å². The van der Waals surface area contributed by atoms with Gasteiger partial charge in [0.2, 0.25) is 11.8 Å². The van der Waals surface area contributed by atoms with Crippen molar-refractivity contribution >= 4 is 17.6 Å². The van der Waals surface area contributed by atoms with Gasteiger partial charge in [0.25, 0.3) is 11.6 Å². The summed E-state index contributed by atoms with van der Waals surface area (Å²) in [7, 11) is 0. The summed E-state index contributed by atoms with van der Waals surface area (Å²) < 4.78 is 15.9. The van der Waals surface area contributed by atoms with E-state index < -0.39 is 16.8 Å². The van der Waals surface area contributed by atoms with Crippen LogP contribution in [-0.2, 0) is 27.5 Å². The molecule has 1 aliphatic rings. The van der Waals surface area contributed by atoms with Gasteiger partial charge in [0.15, 0.2) is 6.61 Å². The lowest BCUT2D eigenvalue weighted by Crippen LogP contribution is -2.26. The summed E-state index contributed by atoms with van der Waals surface area (Å²) >= 11 is 0. The number of aromatic nitrogens is 2. The maximum Gasteiger partial charge on any atom is 0.311 e. The van der Waals surface area contributed by atoms with E-state index in [1.165, 1.54) is 30.5 Å².